The minimum atomic E-state index is -1.19. The van der Waals surface area contributed by atoms with Gasteiger partial charge in [-0.05, 0) is 18.2 Å². The van der Waals surface area contributed by atoms with Gasteiger partial charge in [0.1, 0.15) is 11.5 Å². The summed E-state index contributed by atoms with van der Waals surface area (Å²) in [6, 6.07) is 3.72. The lowest BCUT2D eigenvalue weighted by atomic mass is 10.1. The van der Waals surface area contributed by atoms with Crippen LogP contribution >= 0.6 is 0 Å². The molecule has 5 nitrogen and oxygen atoms in total. The second kappa shape index (κ2) is 4.65. The van der Waals surface area contributed by atoms with Gasteiger partial charge in [-0.3, -0.25) is 4.79 Å². The fourth-order valence-corrected chi connectivity index (χ4v) is 1.16. The minimum Gasteiger partial charge on any atom is -0.508 e. The maximum atomic E-state index is 10.9. The van der Waals surface area contributed by atoms with E-state index in [0.29, 0.717) is 0 Å². The van der Waals surface area contributed by atoms with Crippen LogP contribution < -0.4 is 0 Å². The Bertz CT molecular complexity index is 361. The third-order valence-corrected chi connectivity index (χ3v) is 1.96. The number of esters is 1. The topological polar surface area (TPSA) is 87.0 Å². The van der Waals surface area contributed by atoms with Crippen LogP contribution in [-0.4, -0.2) is 28.4 Å². The lowest BCUT2D eigenvalue weighted by molar-refractivity contribution is -0.142. The smallest absolute Gasteiger partial charge is 0.308 e. The molecule has 5 heteroatoms. The van der Waals surface area contributed by atoms with E-state index in [9.17, 15) is 15.0 Å². The number of aromatic hydroxyl groups is 2. The summed E-state index contributed by atoms with van der Waals surface area (Å²) in [6.07, 6.45) is -1.46. The second-order valence-corrected chi connectivity index (χ2v) is 3.04. The SMILES string of the molecule is COC(=O)C[C@H](O)c1cc(O)ccc1O. The van der Waals surface area contributed by atoms with Crippen LogP contribution in [0.4, 0.5) is 0 Å². The van der Waals surface area contributed by atoms with Crippen LogP contribution in [0.3, 0.4) is 0 Å². The fourth-order valence-electron chi connectivity index (χ4n) is 1.16. The van der Waals surface area contributed by atoms with Crippen LogP contribution in [0.25, 0.3) is 0 Å². The van der Waals surface area contributed by atoms with Crippen molar-refractivity contribution in [2.24, 2.45) is 0 Å². The van der Waals surface area contributed by atoms with Gasteiger partial charge in [0.15, 0.2) is 0 Å². The average molecular weight is 212 g/mol. The van der Waals surface area contributed by atoms with Gasteiger partial charge in [-0.1, -0.05) is 0 Å². The molecule has 1 atom stereocenters. The van der Waals surface area contributed by atoms with Gasteiger partial charge < -0.3 is 20.1 Å². The molecule has 0 aliphatic heterocycles. The number of phenols is 2. The summed E-state index contributed by atoms with van der Waals surface area (Å²) < 4.78 is 4.37. The van der Waals surface area contributed by atoms with Crippen LogP contribution in [0.2, 0.25) is 0 Å². The van der Waals surface area contributed by atoms with Gasteiger partial charge in [0, 0.05) is 5.56 Å². The van der Waals surface area contributed by atoms with E-state index in [1.807, 2.05) is 0 Å². The molecule has 0 aliphatic carbocycles. The number of phenolic OH excluding ortho intramolecular Hbond substituents is 2. The predicted molar refractivity (Wildman–Crippen MR) is 51.4 cm³/mol. The molecule has 1 aromatic carbocycles. The molecule has 0 saturated carbocycles. The van der Waals surface area contributed by atoms with Crippen molar-refractivity contribution < 1.29 is 24.9 Å². The van der Waals surface area contributed by atoms with Gasteiger partial charge >= 0.3 is 5.97 Å². The third kappa shape index (κ3) is 2.85. The van der Waals surface area contributed by atoms with Gasteiger partial charge in [0.2, 0.25) is 0 Å². The molecule has 0 spiro atoms. The highest BCUT2D eigenvalue weighted by atomic mass is 16.5. The number of carbonyl (C=O) groups excluding carboxylic acids is 1. The maximum Gasteiger partial charge on any atom is 0.308 e. The van der Waals surface area contributed by atoms with E-state index in [0.717, 1.165) is 0 Å². The van der Waals surface area contributed by atoms with Crippen LogP contribution in [0.5, 0.6) is 11.5 Å². The number of methoxy groups -OCH3 is 1. The molecule has 82 valence electrons. The highest BCUT2D eigenvalue weighted by molar-refractivity contribution is 5.70. The first kappa shape index (κ1) is 11.3. The molecule has 0 aromatic heterocycles. The Morgan fingerprint density at radius 3 is 2.73 bits per heavy atom. The second-order valence-electron chi connectivity index (χ2n) is 3.04. The van der Waals surface area contributed by atoms with Gasteiger partial charge in [0.25, 0.3) is 0 Å². The fraction of sp³-hybridized carbons (Fsp3) is 0.300. The van der Waals surface area contributed by atoms with Crippen molar-refractivity contribution in [2.75, 3.05) is 7.11 Å². The molecule has 1 rings (SSSR count). The normalized spacial score (nSPS) is 12.1. The maximum absolute atomic E-state index is 10.9. The molecule has 0 radical (unpaired) electrons. The Balaban J connectivity index is 2.85. The average Bonchev–Trinajstić information content (AvgIpc) is 2.21. The van der Waals surface area contributed by atoms with E-state index in [1.165, 1.54) is 25.3 Å². The summed E-state index contributed by atoms with van der Waals surface area (Å²) in [5.74, 6) is -0.860. The number of hydrogen-bond acceptors (Lipinski definition) is 5. The minimum absolute atomic E-state index is 0.0910. The molecular formula is C10H12O5. The summed E-state index contributed by atoms with van der Waals surface area (Å²) >= 11 is 0. The standard InChI is InChI=1S/C10H12O5/c1-15-10(14)5-9(13)7-4-6(11)2-3-8(7)12/h2-4,9,11-13H,5H2,1H3/t9-/m0/s1. The highest BCUT2D eigenvalue weighted by Gasteiger charge is 2.17. The number of aliphatic hydroxyl groups excluding tert-OH is 1. The first-order valence-electron chi connectivity index (χ1n) is 4.31. The van der Waals surface area contributed by atoms with Crippen molar-refractivity contribution >= 4 is 5.97 Å². The number of rotatable bonds is 3. The van der Waals surface area contributed by atoms with Crippen LogP contribution in [0, 0.1) is 0 Å². The molecule has 0 aliphatic rings. The quantitative estimate of drug-likeness (QED) is 0.507. The Morgan fingerprint density at radius 2 is 2.13 bits per heavy atom. The molecule has 3 N–H and O–H groups in total. The summed E-state index contributed by atoms with van der Waals surface area (Å²) in [7, 11) is 1.21. The monoisotopic (exact) mass is 212 g/mol. The van der Waals surface area contributed by atoms with Gasteiger partial charge in [-0.25, -0.2) is 0 Å². The lowest BCUT2D eigenvalue weighted by Crippen LogP contribution is -2.08. The Morgan fingerprint density at radius 1 is 1.47 bits per heavy atom. The molecule has 0 unspecified atom stereocenters. The van der Waals surface area contributed by atoms with Gasteiger partial charge in [0.05, 0.1) is 19.6 Å². The zero-order chi connectivity index (χ0) is 11.4. The van der Waals surface area contributed by atoms with E-state index >= 15 is 0 Å². The van der Waals surface area contributed by atoms with Crippen molar-refractivity contribution in [3.63, 3.8) is 0 Å². The van der Waals surface area contributed by atoms with Crippen LogP contribution in [0.1, 0.15) is 18.1 Å². The van der Waals surface area contributed by atoms with Gasteiger partial charge in [-0.2, -0.15) is 0 Å². The van der Waals surface area contributed by atoms with E-state index in [-0.39, 0.29) is 23.5 Å². The lowest BCUT2D eigenvalue weighted by Gasteiger charge is -2.11. The van der Waals surface area contributed by atoms with Crippen molar-refractivity contribution in [3.05, 3.63) is 23.8 Å². The Labute approximate surface area is 86.5 Å². The highest BCUT2D eigenvalue weighted by Crippen LogP contribution is 2.29. The van der Waals surface area contributed by atoms with Gasteiger partial charge in [-0.15, -0.1) is 0 Å². The zero-order valence-corrected chi connectivity index (χ0v) is 8.17. The largest absolute Gasteiger partial charge is 0.508 e. The molecule has 0 amide bonds. The first-order valence-corrected chi connectivity index (χ1v) is 4.31. The summed E-state index contributed by atoms with van der Waals surface area (Å²) in [5, 5.41) is 28.1. The van der Waals surface area contributed by atoms with Crippen molar-refractivity contribution in [1.29, 1.82) is 0 Å². The van der Waals surface area contributed by atoms with Crippen LogP contribution in [-0.2, 0) is 9.53 Å². The number of ether oxygens (including phenoxy) is 1. The number of carbonyl (C=O) groups is 1. The predicted octanol–water partition coefficient (Wildman–Crippen LogP) is 0.694. The third-order valence-electron chi connectivity index (χ3n) is 1.96. The summed E-state index contributed by atoms with van der Waals surface area (Å²) in [6.45, 7) is 0. The number of hydrogen-bond donors (Lipinski definition) is 3. The Kier molecular flexibility index (Phi) is 3.51. The molecule has 0 bridgehead atoms. The first-order chi connectivity index (χ1) is 7.04. The van der Waals surface area contributed by atoms with Crippen molar-refractivity contribution in [3.8, 4) is 11.5 Å². The van der Waals surface area contributed by atoms with Crippen LogP contribution in [0.15, 0.2) is 18.2 Å². The van der Waals surface area contributed by atoms with E-state index in [2.05, 4.69) is 4.74 Å². The molecule has 1 aromatic rings. The molecular weight excluding hydrogens is 200 g/mol. The number of aliphatic hydroxyl groups is 1. The van der Waals surface area contributed by atoms with E-state index in [1.54, 1.807) is 0 Å². The van der Waals surface area contributed by atoms with Crippen molar-refractivity contribution in [2.45, 2.75) is 12.5 Å². The van der Waals surface area contributed by atoms with Crippen molar-refractivity contribution in [1.82, 2.24) is 0 Å². The molecule has 0 fully saturated rings. The molecule has 15 heavy (non-hydrogen) atoms. The van der Waals surface area contributed by atoms with E-state index < -0.39 is 12.1 Å². The number of benzene rings is 1. The van der Waals surface area contributed by atoms with E-state index in [4.69, 9.17) is 5.11 Å². The molecule has 0 heterocycles. The molecule has 0 saturated heterocycles. The summed E-state index contributed by atoms with van der Waals surface area (Å²) in [4.78, 5) is 10.9. The summed E-state index contributed by atoms with van der Waals surface area (Å²) in [5.41, 5.74) is 0.0976. The Hall–Kier alpha value is -1.75. The zero-order valence-electron chi connectivity index (χ0n) is 8.17.